The molecule has 84 heavy (non-hydrogen) atoms. The quantitative estimate of drug-likeness (QED) is 0.0222. The van der Waals surface area contributed by atoms with Gasteiger partial charge in [-0.25, -0.2) is 9.13 Å². The van der Waals surface area contributed by atoms with E-state index >= 15 is 0 Å². The molecule has 0 radical (unpaired) electrons. The van der Waals surface area contributed by atoms with Crippen LogP contribution in [0.1, 0.15) is 324 Å². The zero-order chi connectivity index (χ0) is 62.2. The van der Waals surface area contributed by atoms with E-state index in [1.165, 1.54) is 128 Å². The maximum absolute atomic E-state index is 13.0. The number of unbranched alkanes of at least 4 members (excludes halogenated alkanes) is 32. The SMILES string of the molecule is CCCCCCCCCCCCCCCCCC(=O)O[C@H](COC(=O)CCCCCCCCCCC(C)CC)COP(=O)(O)OC[C@@H](O)COP(=O)(O)OC[C@@H](COC(=O)CCCCCCCCC)OC(=O)CCCCCCCCC(C)CC. The van der Waals surface area contributed by atoms with Crippen molar-refractivity contribution in [3.8, 4) is 0 Å². The maximum Gasteiger partial charge on any atom is 0.472 e. The van der Waals surface area contributed by atoms with Gasteiger partial charge >= 0.3 is 39.5 Å². The highest BCUT2D eigenvalue weighted by atomic mass is 31.2. The number of carbonyl (C=O) groups excluding carboxylic acids is 4. The van der Waals surface area contributed by atoms with Crippen LogP contribution < -0.4 is 0 Å². The van der Waals surface area contributed by atoms with Crippen LogP contribution in [0.4, 0.5) is 0 Å². The van der Waals surface area contributed by atoms with Gasteiger partial charge in [0.2, 0.25) is 0 Å². The number of hydrogen-bond donors (Lipinski definition) is 3. The molecule has 0 aliphatic carbocycles. The number of phosphoric acid groups is 2. The lowest BCUT2D eigenvalue weighted by Gasteiger charge is -2.21. The number of carbonyl (C=O) groups is 4. The standard InChI is InChI=1S/C65H126O17P2/c1-7-11-13-15-17-18-19-20-21-22-23-24-30-37-43-49-64(69)81-60(54-76-63(68)48-42-36-29-26-25-28-33-39-45-57(5)9-3)55-79-83(71,72)77-51-59(66)52-78-84(73,74)80-56-61(53-75-62(67)47-41-35-27-16-14-12-8-2)82-65(70)50-44-38-32-31-34-40-46-58(6)10-4/h57-61,66H,7-56H2,1-6H3,(H,71,72)(H,73,74)/t57?,58?,59-,60-,61-/m1/s1. The van der Waals surface area contributed by atoms with Crippen molar-refractivity contribution in [3.63, 3.8) is 0 Å². The third-order valence-electron chi connectivity index (χ3n) is 15.7. The molecule has 3 N–H and O–H groups in total. The van der Waals surface area contributed by atoms with Gasteiger partial charge in [-0.3, -0.25) is 37.3 Å². The Kier molecular flexibility index (Phi) is 56.2. The van der Waals surface area contributed by atoms with E-state index in [0.29, 0.717) is 25.7 Å². The van der Waals surface area contributed by atoms with Crippen molar-refractivity contribution in [1.82, 2.24) is 0 Å². The van der Waals surface area contributed by atoms with Crippen LogP contribution in [0.3, 0.4) is 0 Å². The Hall–Kier alpha value is -1.94. The van der Waals surface area contributed by atoms with E-state index in [9.17, 15) is 43.2 Å². The largest absolute Gasteiger partial charge is 0.472 e. The van der Waals surface area contributed by atoms with E-state index in [1.54, 1.807) is 0 Å². The van der Waals surface area contributed by atoms with Crippen LogP contribution in [-0.4, -0.2) is 96.7 Å². The highest BCUT2D eigenvalue weighted by molar-refractivity contribution is 7.47. The summed E-state index contributed by atoms with van der Waals surface area (Å²) in [5.41, 5.74) is 0. The molecule has 0 aromatic heterocycles. The molecule has 0 aliphatic heterocycles. The van der Waals surface area contributed by atoms with Crippen molar-refractivity contribution in [2.24, 2.45) is 11.8 Å². The molecule has 0 amide bonds. The average Bonchev–Trinajstić information content (AvgIpc) is 3.60. The third kappa shape index (κ3) is 56.6. The highest BCUT2D eigenvalue weighted by Gasteiger charge is 2.30. The second kappa shape index (κ2) is 57.5. The number of phosphoric ester groups is 2. The van der Waals surface area contributed by atoms with Crippen LogP contribution in [0.25, 0.3) is 0 Å². The van der Waals surface area contributed by atoms with Crippen molar-refractivity contribution < 1.29 is 80.2 Å². The molecule has 17 nitrogen and oxygen atoms in total. The number of aliphatic hydroxyl groups is 1. The average molecular weight is 1240 g/mol. The first-order valence-corrected chi connectivity index (χ1v) is 37.1. The van der Waals surface area contributed by atoms with Crippen molar-refractivity contribution >= 4 is 39.5 Å². The lowest BCUT2D eigenvalue weighted by Crippen LogP contribution is -2.30. The summed E-state index contributed by atoms with van der Waals surface area (Å²) in [6.45, 7) is 9.42. The molecule has 0 bridgehead atoms. The summed E-state index contributed by atoms with van der Waals surface area (Å²) < 4.78 is 68.0. The lowest BCUT2D eigenvalue weighted by molar-refractivity contribution is -0.161. The summed E-state index contributed by atoms with van der Waals surface area (Å²) in [4.78, 5) is 72.2. The molecule has 0 saturated heterocycles. The van der Waals surface area contributed by atoms with Gasteiger partial charge in [0.05, 0.1) is 26.4 Å². The van der Waals surface area contributed by atoms with Crippen LogP contribution in [0.15, 0.2) is 0 Å². The molecule has 0 aromatic carbocycles. The Morgan fingerprint density at radius 3 is 0.845 bits per heavy atom. The zero-order valence-corrected chi connectivity index (χ0v) is 56.0. The number of aliphatic hydroxyl groups excluding tert-OH is 1. The molecule has 0 aromatic rings. The van der Waals surface area contributed by atoms with Crippen LogP contribution >= 0.6 is 15.6 Å². The second-order valence-corrected chi connectivity index (χ2v) is 26.9. The van der Waals surface area contributed by atoms with Gasteiger partial charge in [0.15, 0.2) is 12.2 Å². The monoisotopic (exact) mass is 1240 g/mol. The minimum absolute atomic E-state index is 0.102. The second-order valence-electron chi connectivity index (χ2n) is 24.0. The molecular formula is C65H126O17P2. The van der Waals surface area contributed by atoms with Crippen LogP contribution in [-0.2, 0) is 65.4 Å². The van der Waals surface area contributed by atoms with E-state index < -0.39 is 97.5 Å². The third-order valence-corrected chi connectivity index (χ3v) is 17.6. The normalized spacial score (nSPS) is 14.9. The molecular weight excluding hydrogens is 1110 g/mol. The van der Waals surface area contributed by atoms with Gasteiger partial charge in [0.25, 0.3) is 0 Å². The molecule has 7 atom stereocenters. The van der Waals surface area contributed by atoms with Crippen molar-refractivity contribution in [1.29, 1.82) is 0 Å². The van der Waals surface area contributed by atoms with Gasteiger partial charge in [-0.15, -0.1) is 0 Å². The number of rotatable bonds is 64. The van der Waals surface area contributed by atoms with Crippen LogP contribution in [0, 0.1) is 11.8 Å². The van der Waals surface area contributed by atoms with E-state index in [-0.39, 0.29) is 25.7 Å². The topological polar surface area (TPSA) is 237 Å². The smallest absolute Gasteiger partial charge is 0.462 e. The Balaban J connectivity index is 5.22. The zero-order valence-electron chi connectivity index (χ0n) is 54.2. The number of ether oxygens (including phenoxy) is 4. The molecule has 0 spiro atoms. The summed E-state index contributed by atoms with van der Waals surface area (Å²) in [5.74, 6) is -0.640. The van der Waals surface area contributed by atoms with E-state index in [1.807, 2.05) is 0 Å². The fourth-order valence-electron chi connectivity index (χ4n) is 9.64. The predicted molar refractivity (Wildman–Crippen MR) is 335 cm³/mol. The van der Waals surface area contributed by atoms with Crippen LogP contribution in [0.5, 0.6) is 0 Å². The number of esters is 4. The Morgan fingerprint density at radius 2 is 0.571 bits per heavy atom. The van der Waals surface area contributed by atoms with Gasteiger partial charge in [-0.2, -0.15) is 0 Å². The summed E-state index contributed by atoms with van der Waals surface area (Å²) in [5, 5.41) is 10.5. The van der Waals surface area contributed by atoms with Gasteiger partial charge in [-0.1, -0.05) is 273 Å². The molecule has 4 unspecified atom stereocenters. The van der Waals surface area contributed by atoms with Crippen molar-refractivity contribution in [2.75, 3.05) is 39.6 Å². The molecule has 19 heteroatoms. The van der Waals surface area contributed by atoms with Gasteiger partial charge in [-0.05, 0) is 37.5 Å². The Morgan fingerprint density at radius 1 is 0.333 bits per heavy atom. The van der Waals surface area contributed by atoms with E-state index in [2.05, 4.69) is 41.5 Å². The number of hydrogen-bond acceptors (Lipinski definition) is 15. The first-order chi connectivity index (χ1) is 40.4. The summed E-state index contributed by atoms with van der Waals surface area (Å²) in [6, 6.07) is 0. The molecule has 0 fully saturated rings. The van der Waals surface area contributed by atoms with Gasteiger partial charge in [0.1, 0.15) is 19.3 Å². The fourth-order valence-corrected chi connectivity index (χ4v) is 11.2. The van der Waals surface area contributed by atoms with E-state index in [0.717, 1.165) is 115 Å². The summed E-state index contributed by atoms with van der Waals surface area (Å²) >= 11 is 0. The summed E-state index contributed by atoms with van der Waals surface area (Å²) in [7, 11) is -9.89. The highest BCUT2D eigenvalue weighted by Crippen LogP contribution is 2.45. The molecule has 0 aliphatic rings. The molecule has 0 rings (SSSR count). The molecule has 0 saturated carbocycles. The van der Waals surface area contributed by atoms with Crippen molar-refractivity contribution in [2.45, 2.75) is 342 Å². The molecule has 0 heterocycles. The van der Waals surface area contributed by atoms with E-state index in [4.69, 9.17) is 37.0 Å². The predicted octanol–water partition coefficient (Wildman–Crippen LogP) is 18.0. The first kappa shape index (κ1) is 82.1. The lowest BCUT2D eigenvalue weighted by atomic mass is 9.99. The first-order valence-electron chi connectivity index (χ1n) is 34.1. The summed E-state index contributed by atoms with van der Waals surface area (Å²) in [6.07, 6.45) is 40.4. The fraction of sp³-hybridized carbons (Fsp3) is 0.938. The Bertz CT molecular complexity index is 1650. The van der Waals surface area contributed by atoms with Gasteiger partial charge < -0.3 is 33.8 Å². The van der Waals surface area contributed by atoms with Gasteiger partial charge in [0, 0.05) is 25.7 Å². The van der Waals surface area contributed by atoms with Crippen LogP contribution in [0.2, 0.25) is 0 Å². The minimum Gasteiger partial charge on any atom is -0.462 e. The van der Waals surface area contributed by atoms with Crippen molar-refractivity contribution in [3.05, 3.63) is 0 Å². The minimum atomic E-state index is -4.95. The molecule has 498 valence electrons. The Labute approximate surface area is 511 Å². The maximum atomic E-state index is 13.0.